The molecule has 0 fully saturated rings. The van der Waals surface area contributed by atoms with Crippen LogP contribution >= 0.6 is 0 Å². The molecule has 0 aliphatic carbocycles. The second-order valence-corrected chi connectivity index (χ2v) is 2.31. The predicted octanol–water partition coefficient (Wildman–Crippen LogP) is 1.75. The molecule has 0 amide bonds. The molecule has 0 saturated heterocycles. The molecular weight excluding hydrogens is 138 g/mol. The van der Waals surface area contributed by atoms with E-state index in [0.717, 1.165) is 12.2 Å². The number of rotatable bonds is 1. The Kier molecular flexibility index (Phi) is 2.25. The normalized spacial score (nSPS) is 9.18. The number of aliphatic hydroxyl groups excluding tert-OH is 1. The minimum atomic E-state index is 0.566. The van der Waals surface area contributed by atoms with E-state index in [2.05, 4.69) is 0 Å². The van der Waals surface area contributed by atoms with Gasteiger partial charge in [-0.05, 0) is 30.2 Å². The first-order chi connectivity index (χ1) is 5.27. The van der Waals surface area contributed by atoms with Crippen molar-refractivity contribution in [3.05, 3.63) is 41.5 Å². The number of nitrogens with zero attached hydrogens (tertiary/aromatic N) is 1. The van der Waals surface area contributed by atoms with Crippen LogP contribution in [0.3, 0.4) is 0 Å². The average Bonchev–Trinajstić information content (AvgIpc) is 2.05. The molecular formula is C9H8NO. The van der Waals surface area contributed by atoms with Crippen LogP contribution in [0.5, 0.6) is 0 Å². The van der Waals surface area contributed by atoms with Gasteiger partial charge in [0.1, 0.15) is 6.61 Å². The molecule has 0 unspecified atom stereocenters. The fourth-order valence-corrected chi connectivity index (χ4v) is 0.849. The lowest BCUT2D eigenvalue weighted by molar-refractivity contribution is 0.414. The number of benzene rings is 1. The van der Waals surface area contributed by atoms with Crippen molar-refractivity contribution in [3.8, 4) is 6.07 Å². The van der Waals surface area contributed by atoms with Crippen molar-refractivity contribution in [1.82, 2.24) is 0 Å². The Balaban J connectivity index is 3.15. The van der Waals surface area contributed by atoms with Crippen molar-refractivity contribution >= 4 is 0 Å². The van der Waals surface area contributed by atoms with Crippen LogP contribution in [0, 0.1) is 24.9 Å². The van der Waals surface area contributed by atoms with Gasteiger partial charge in [0, 0.05) is 0 Å². The fraction of sp³-hybridized carbons (Fsp3) is 0.111. The summed E-state index contributed by atoms with van der Waals surface area (Å²) in [5.74, 6) is 0. The highest BCUT2D eigenvalue weighted by molar-refractivity contribution is 5.39. The molecule has 1 radical (unpaired) electrons. The van der Waals surface area contributed by atoms with Crippen molar-refractivity contribution in [2.24, 2.45) is 0 Å². The van der Waals surface area contributed by atoms with Crippen LogP contribution in [0.2, 0.25) is 0 Å². The van der Waals surface area contributed by atoms with Crippen molar-refractivity contribution in [1.29, 1.82) is 5.26 Å². The predicted molar refractivity (Wildman–Crippen MR) is 41.2 cm³/mol. The SMILES string of the molecule is Cc1ccc(C#N)cc1[CH]O. The van der Waals surface area contributed by atoms with Gasteiger partial charge in [-0.3, -0.25) is 0 Å². The molecule has 2 heteroatoms. The molecule has 0 saturated carbocycles. The van der Waals surface area contributed by atoms with E-state index in [1.165, 1.54) is 0 Å². The van der Waals surface area contributed by atoms with Crippen LogP contribution in [0.1, 0.15) is 16.7 Å². The van der Waals surface area contributed by atoms with Crippen LogP contribution in [-0.4, -0.2) is 5.11 Å². The van der Waals surface area contributed by atoms with Gasteiger partial charge in [-0.2, -0.15) is 5.26 Å². The monoisotopic (exact) mass is 146 g/mol. The van der Waals surface area contributed by atoms with Crippen molar-refractivity contribution in [2.75, 3.05) is 0 Å². The highest BCUT2D eigenvalue weighted by Crippen LogP contribution is 2.10. The Morgan fingerprint density at radius 1 is 1.55 bits per heavy atom. The number of nitriles is 1. The Labute approximate surface area is 65.7 Å². The maximum Gasteiger partial charge on any atom is 0.109 e. The summed E-state index contributed by atoms with van der Waals surface area (Å²) >= 11 is 0. The summed E-state index contributed by atoms with van der Waals surface area (Å²) in [6.07, 6.45) is 0. The largest absolute Gasteiger partial charge is 0.385 e. The first-order valence-electron chi connectivity index (χ1n) is 3.26. The van der Waals surface area contributed by atoms with Crippen LogP contribution in [0.4, 0.5) is 0 Å². The Hall–Kier alpha value is -1.33. The maximum absolute atomic E-state index is 8.70. The van der Waals surface area contributed by atoms with Gasteiger partial charge in [0.15, 0.2) is 0 Å². The quantitative estimate of drug-likeness (QED) is 0.655. The van der Waals surface area contributed by atoms with Gasteiger partial charge in [-0.15, -0.1) is 0 Å². The van der Waals surface area contributed by atoms with E-state index in [1.54, 1.807) is 18.2 Å². The first-order valence-corrected chi connectivity index (χ1v) is 3.26. The van der Waals surface area contributed by atoms with Gasteiger partial charge < -0.3 is 5.11 Å². The Morgan fingerprint density at radius 2 is 2.27 bits per heavy atom. The third-order valence-electron chi connectivity index (χ3n) is 1.55. The van der Waals surface area contributed by atoms with Crippen LogP contribution in [-0.2, 0) is 0 Å². The molecule has 1 rings (SSSR count). The molecule has 0 aliphatic rings. The highest BCUT2D eigenvalue weighted by atomic mass is 16.3. The summed E-state index contributed by atoms with van der Waals surface area (Å²) in [5, 5.41) is 17.2. The minimum Gasteiger partial charge on any atom is -0.385 e. The number of aryl methyl sites for hydroxylation is 1. The second-order valence-electron chi connectivity index (χ2n) is 2.31. The van der Waals surface area contributed by atoms with Crippen LogP contribution < -0.4 is 0 Å². The summed E-state index contributed by atoms with van der Waals surface area (Å²) < 4.78 is 0. The van der Waals surface area contributed by atoms with Gasteiger partial charge >= 0.3 is 0 Å². The van der Waals surface area contributed by atoms with E-state index in [-0.39, 0.29) is 0 Å². The molecule has 1 N–H and O–H groups in total. The lowest BCUT2D eigenvalue weighted by atomic mass is 10.1. The zero-order valence-electron chi connectivity index (χ0n) is 6.20. The van der Waals surface area contributed by atoms with E-state index < -0.39 is 0 Å². The number of aliphatic hydroxyl groups is 1. The standard InChI is InChI=1S/C9H8NO/c1-7-2-3-8(5-10)4-9(7)6-11/h2-4,6,11H,1H3. The van der Waals surface area contributed by atoms with E-state index in [1.807, 2.05) is 13.0 Å². The van der Waals surface area contributed by atoms with E-state index in [9.17, 15) is 0 Å². The molecule has 0 bridgehead atoms. The molecule has 0 spiro atoms. The van der Waals surface area contributed by atoms with Gasteiger partial charge in [-0.25, -0.2) is 0 Å². The summed E-state index contributed by atoms with van der Waals surface area (Å²) in [6, 6.07) is 7.18. The van der Waals surface area contributed by atoms with Crippen LogP contribution in [0.25, 0.3) is 0 Å². The van der Waals surface area contributed by atoms with E-state index >= 15 is 0 Å². The van der Waals surface area contributed by atoms with Crippen molar-refractivity contribution in [3.63, 3.8) is 0 Å². The molecule has 55 valence electrons. The molecule has 2 nitrogen and oxygen atoms in total. The summed E-state index contributed by atoms with van der Waals surface area (Å²) in [4.78, 5) is 0. The number of hydrogen-bond donors (Lipinski definition) is 1. The lowest BCUT2D eigenvalue weighted by Crippen LogP contribution is -1.86. The molecule has 0 heterocycles. The topological polar surface area (TPSA) is 44.0 Å². The third-order valence-corrected chi connectivity index (χ3v) is 1.55. The Bertz CT molecular complexity index is 299. The van der Waals surface area contributed by atoms with Gasteiger partial charge in [0.25, 0.3) is 0 Å². The van der Waals surface area contributed by atoms with Gasteiger partial charge in [0.2, 0.25) is 0 Å². The minimum absolute atomic E-state index is 0.566. The zero-order valence-corrected chi connectivity index (χ0v) is 6.20. The molecule has 1 aromatic carbocycles. The average molecular weight is 146 g/mol. The highest BCUT2D eigenvalue weighted by Gasteiger charge is 1.97. The van der Waals surface area contributed by atoms with Gasteiger partial charge in [0.05, 0.1) is 11.6 Å². The Morgan fingerprint density at radius 3 is 2.82 bits per heavy atom. The molecule has 0 aliphatic heterocycles. The summed E-state index contributed by atoms with van der Waals surface area (Å²) in [5.41, 5.74) is 2.23. The smallest absolute Gasteiger partial charge is 0.109 e. The van der Waals surface area contributed by atoms with Crippen LogP contribution in [0.15, 0.2) is 18.2 Å². The van der Waals surface area contributed by atoms with E-state index in [4.69, 9.17) is 10.4 Å². The second kappa shape index (κ2) is 3.18. The summed E-state index contributed by atoms with van der Waals surface area (Å²) in [7, 11) is 0. The fourth-order valence-electron chi connectivity index (χ4n) is 0.849. The summed E-state index contributed by atoms with van der Waals surface area (Å²) in [6.45, 7) is 2.89. The van der Waals surface area contributed by atoms with Gasteiger partial charge in [-0.1, -0.05) is 6.07 Å². The maximum atomic E-state index is 8.70. The van der Waals surface area contributed by atoms with Crippen molar-refractivity contribution in [2.45, 2.75) is 6.92 Å². The van der Waals surface area contributed by atoms with Crippen molar-refractivity contribution < 1.29 is 5.11 Å². The zero-order chi connectivity index (χ0) is 8.27. The molecule has 1 aromatic rings. The third kappa shape index (κ3) is 1.57. The lowest BCUT2D eigenvalue weighted by Gasteiger charge is -1.99. The molecule has 11 heavy (non-hydrogen) atoms. The molecule has 0 atom stereocenters. The first kappa shape index (κ1) is 7.77. The van der Waals surface area contributed by atoms with E-state index in [0.29, 0.717) is 11.1 Å². The number of hydrogen-bond acceptors (Lipinski definition) is 2. The molecule has 0 aromatic heterocycles.